The zero-order valence-electron chi connectivity index (χ0n) is 21.0. The summed E-state index contributed by atoms with van der Waals surface area (Å²) in [5.74, 6) is 1.07. The third-order valence-electron chi connectivity index (χ3n) is 6.01. The first-order chi connectivity index (χ1) is 16.6. The molecule has 1 aliphatic rings. The second-order valence-electron chi connectivity index (χ2n) is 9.32. The summed E-state index contributed by atoms with van der Waals surface area (Å²) in [6.45, 7) is 6.24. The van der Waals surface area contributed by atoms with E-state index in [0.717, 1.165) is 22.0 Å². The van der Waals surface area contributed by atoms with Crippen molar-refractivity contribution in [2.75, 3.05) is 20.7 Å². The molecule has 1 aliphatic heterocycles. The predicted molar refractivity (Wildman–Crippen MR) is 142 cm³/mol. The van der Waals surface area contributed by atoms with Crippen LogP contribution >= 0.6 is 15.9 Å². The Bertz CT molecular complexity index is 1100. The highest BCUT2D eigenvalue weighted by atomic mass is 79.9. The van der Waals surface area contributed by atoms with Crippen LogP contribution in [-0.2, 0) is 11.2 Å². The third-order valence-corrected chi connectivity index (χ3v) is 6.54. The molecule has 0 saturated heterocycles. The summed E-state index contributed by atoms with van der Waals surface area (Å²) in [6, 6.07) is 17.8. The molecule has 0 saturated carbocycles. The smallest absolute Gasteiger partial charge is 0.192 e. The number of benzene rings is 2. The Balaban J connectivity index is 0.000000429. The number of hydrogen-bond donors (Lipinski definition) is 3. The zero-order valence-corrected chi connectivity index (χ0v) is 22.6. The molecule has 4 rings (SSSR count). The third kappa shape index (κ3) is 5.38. The molecule has 3 N–H and O–H groups in total. The van der Waals surface area contributed by atoms with Crippen LogP contribution in [0.2, 0.25) is 0 Å². The van der Waals surface area contributed by atoms with E-state index >= 15 is 0 Å². The van der Waals surface area contributed by atoms with Gasteiger partial charge < -0.3 is 25.0 Å². The van der Waals surface area contributed by atoms with Gasteiger partial charge in [-0.3, -0.25) is 4.98 Å². The van der Waals surface area contributed by atoms with Crippen molar-refractivity contribution >= 4 is 15.9 Å². The highest BCUT2D eigenvalue weighted by molar-refractivity contribution is 9.10. The van der Waals surface area contributed by atoms with E-state index in [4.69, 9.17) is 14.6 Å². The second-order valence-corrected chi connectivity index (χ2v) is 10.2. The number of halogens is 1. The fraction of sp³-hybridized carbons (Fsp3) is 0.393. The minimum absolute atomic E-state index is 0.505. The van der Waals surface area contributed by atoms with E-state index in [1.54, 1.807) is 33.4 Å². The summed E-state index contributed by atoms with van der Waals surface area (Å²) >= 11 is 3.50. The summed E-state index contributed by atoms with van der Waals surface area (Å²) in [5, 5.41) is 24.1. The summed E-state index contributed by atoms with van der Waals surface area (Å²) in [7, 11) is 3.41. The molecule has 7 heteroatoms. The van der Waals surface area contributed by atoms with Crippen molar-refractivity contribution in [1.29, 1.82) is 0 Å². The van der Waals surface area contributed by atoms with Gasteiger partial charge in [0.15, 0.2) is 5.60 Å². The molecule has 0 aliphatic carbocycles. The number of likely N-dealkylation sites (N-methyl/N-ethyl adjacent to an activating group) is 1. The summed E-state index contributed by atoms with van der Waals surface area (Å²) in [6.07, 6.45) is 4.56. The minimum atomic E-state index is -1.32. The van der Waals surface area contributed by atoms with Crippen molar-refractivity contribution in [3.63, 3.8) is 0 Å². The lowest BCUT2D eigenvalue weighted by molar-refractivity contribution is -0.103. The molecular weight excluding hydrogens is 508 g/mol. The molecule has 0 bridgehead atoms. The van der Waals surface area contributed by atoms with Crippen LogP contribution in [0.5, 0.6) is 11.5 Å². The molecule has 3 aromatic rings. The summed E-state index contributed by atoms with van der Waals surface area (Å²) in [4.78, 5) is 4.25. The highest BCUT2D eigenvalue weighted by Gasteiger charge is 2.62. The Hall–Kier alpha value is -2.45. The molecule has 1 aromatic heterocycles. The molecule has 2 atom stereocenters. The van der Waals surface area contributed by atoms with E-state index in [1.165, 1.54) is 0 Å². The number of rotatable bonds is 7. The second kappa shape index (κ2) is 11.1. The van der Waals surface area contributed by atoms with Gasteiger partial charge in [-0.15, -0.1) is 0 Å². The van der Waals surface area contributed by atoms with Gasteiger partial charge in [-0.05, 0) is 39.4 Å². The molecule has 2 heterocycles. The van der Waals surface area contributed by atoms with Crippen LogP contribution in [0.3, 0.4) is 0 Å². The predicted octanol–water partition coefficient (Wildman–Crippen LogP) is 5.15. The first-order valence-corrected chi connectivity index (χ1v) is 12.5. The van der Waals surface area contributed by atoms with Gasteiger partial charge in [-0.25, -0.2) is 0 Å². The summed E-state index contributed by atoms with van der Waals surface area (Å²) in [5.41, 5.74) is -0.583. The molecule has 0 spiro atoms. The SMILES string of the molecule is CCCC1(O)c2c(OC)cncc2OC1(c1ccccc1)c1ccc(Br)cc1.CNCC(C)(C)O. The van der Waals surface area contributed by atoms with E-state index in [1.807, 2.05) is 61.6 Å². The Labute approximate surface area is 216 Å². The van der Waals surface area contributed by atoms with Crippen molar-refractivity contribution in [1.82, 2.24) is 10.3 Å². The van der Waals surface area contributed by atoms with Crippen LogP contribution in [0.1, 0.15) is 50.3 Å². The molecule has 0 fully saturated rings. The first-order valence-electron chi connectivity index (χ1n) is 11.8. The number of nitrogens with zero attached hydrogens (tertiary/aromatic N) is 1. The maximum Gasteiger partial charge on any atom is 0.192 e. The van der Waals surface area contributed by atoms with Gasteiger partial charge in [0.2, 0.25) is 0 Å². The van der Waals surface area contributed by atoms with Crippen molar-refractivity contribution in [2.24, 2.45) is 0 Å². The van der Waals surface area contributed by atoms with E-state index < -0.39 is 16.8 Å². The van der Waals surface area contributed by atoms with Crippen LogP contribution in [0.4, 0.5) is 0 Å². The topological polar surface area (TPSA) is 83.8 Å². The molecule has 2 aromatic carbocycles. The molecule has 188 valence electrons. The van der Waals surface area contributed by atoms with E-state index in [-0.39, 0.29) is 0 Å². The molecule has 2 unspecified atom stereocenters. The molecule has 35 heavy (non-hydrogen) atoms. The number of fused-ring (bicyclic) bond motifs is 1. The lowest BCUT2D eigenvalue weighted by Crippen LogP contribution is -2.50. The van der Waals surface area contributed by atoms with Crippen molar-refractivity contribution < 1.29 is 19.7 Å². The quantitative estimate of drug-likeness (QED) is 0.382. The maximum atomic E-state index is 12.3. The van der Waals surface area contributed by atoms with Crippen molar-refractivity contribution in [2.45, 2.75) is 50.4 Å². The van der Waals surface area contributed by atoms with Crippen molar-refractivity contribution in [3.8, 4) is 11.5 Å². The number of hydrogen-bond acceptors (Lipinski definition) is 6. The van der Waals surface area contributed by atoms with E-state index in [9.17, 15) is 5.11 Å². The fourth-order valence-electron chi connectivity index (χ4n) is 4.70. The van der Waals surface area contributed by atoms with Gasteiger partial charge in [-0.2, -0.15) is 0 Å². The highest BCUT2D eigenvalue weighted by Crippen LogP contribution is 2.60. The number of ether oxygens (including phenoxy) is 2. The number of methoxy groups -OCH3 is 1. The Morgan fingerprint density at radius 1 is 1.06 bits per heavy atom. The van der Waals surface area contributed by atoms with Crippen LogP contribution in [-0.4, -0.2) is 41.5 Å². The van der Waals surface area contributed by atoms with Gasteiger partial charge >= 0.3 is 0 Å². The standard InChI is InChI=1S/C23H22BrNO3.C5H13NO/c1-3-13-22(26)21-19(27-2)14-25-15-20(21)28-23(22,16-7-5-4-6-8-16)17-9-11-18(24)12-10-17;1-5(2,7)4-6-3/h4-12,14-15,26H,3,13H2,1-2H3;6-7H,4H2,1-3H3. The van der Waals surface area contributed by atoms with Gasteiger partial charge in [-0.1, -0.05) is 71.7 Å². The minimum Gasteiger partial charge on any atom is -0.495 e. The van der Waals surface area contributed by atoms with Gasteiger partial charge in [0.1, 0.15) is 17.1 Å². The summed E-state index contributed by atoms with van der Waals surface area (Å²) < 4.78 is 13.1. The number of aromatic nitrogens is 1. The molecule has 6 nitrogen and oxygen atoms in total. The van der Waals surface area contributed by atoms with Crippen LogP contribution < -0.4 is 14.8 Å². The largest absolute Gasteiger partial charge is 0.495 e. The fourth-order valence-corrected chi connectivity index (χ4v) is 4.97. The van der Waals surface area contributed by atoms with Crippen molar-refractivity contribution in [3.05, 3.63) is 88.2 Å². The van der Waals surface area contributed by atoms with Crippen LogP contribution in [0.15, 0.2) is 71.5 Å². The zero-order chi connectivity index (χ0) is 25.7. The average Bonchev–Trinajstić information content (AvgIpc) is 3.09. The van der Waals surface area contributed by atoms with Crippen LogP contribution in [0, 0.1) is 0 Å². The average molecular weight is 544 g/mol. The monoisotopic (exact) mass is 542 g/mol. The Morgan fingerprint density at radius 3 is 2.20 bits per heavy atom. The van der Waals surface area contributed by atoms with Gasteiger partial charge in [0, 0.05) is 22.1 Å². The molecule has 0 amide bonds. The lowest BCUT2D eigenvalue weighted by Gasteiger charge is -2.42. The lowest BCUT2D eigenvalue weighted by atomic mass is 9.69. The molecular formula is C28H35BrN2O4. The Kier molecular flexibility index (Phi) is 8.59. The van der Waals surface area contributed by atoms with E-state index in [0.29, 0.717) is 30.0 Å². The number of pyridine rings is 1. The Morgan fingerprint density at radius 2 is 1.69 bits per heavy atom. The van der Waals surface area contributed by atoms with E-state index in [2.05, 4.69) is 33.2 Å². The van der Waals surface area contributed by atoms with Crippen LogP contribution in [0.25, 0.3) is 0 Å². The van der Waals surface area contributed by atoms with Gasteiger partial charge in [0.25, 0.3) is 0 Å². The first kappa shape index (κ1) is 27.1. The molecule has 0 radical (unpaired) electrons. The normalized spacial score (nSPS) is 20.9. The maximum absolute atomic E-state index is 12.3. The van der Waals surface area contributed by atoms with Gasteiger partial charge in [0.05, 0.1) is 30.7 Å². The number of nitrogens with one attached hydrogen (secondary N) is 1. The number of aliphatic hydroxyl groups is 2.